The molecule has 0 unspecified atom stereocenters. The summed E-state index contributed by atoms with van der Waals surface area (Å²) in [7, 11) is 0. The van der Waals surface area contributed by atoms with E-state index in [1.165, 1.54) is 32.1 Å². The minimum absolute atomic E-state index is 0.330. The number of nitrogens with zero attached hydrogens (tertiary/aromatic N) is 2. The molecule has 1 aromatic heterocycles. The number of carbonyl (C=O) groups excluding carboxylic acids is 1. The molecule has 0 radical (unpaired) electrons. The number of nitrogens with two attached hydrogens (primary N) is 2. The van der Waals surface area contributed by atoms with Crippen molar-refractivity contribution in [2.45, 2.75) is 44.6 Å². The fourth-order valence-electron chi connectivity index (χ4n) is 2.91. The summed E-state index contributed by atoms with van der Waals surface area (Å²) in [5, 5.41) is 0. The largest absolute Gasteiger partial charge is 0.368 e. The second kappa shape index (κ2) is 7.24. The average Bonchev–Trinajstić information content (AvgIpc) is 2.49. The second-order valence-corrected chi connectivity index (χ2v) is 5.39. The normalized spacial score (nSPS) is 16.1. The highest BCUT2D eigenvalue weighted by molar-refractivity contribution is 5.91. The minimum Gasteiger partial charge on any atom is -0.368 e. The van der Waals surface area contributed by atoms with E-state index in [1.54, 1.807) is 12.3 Å². The second-order valence-electron chi connectivity index (χ2n) is 5.39. The first-order valence-corrected chi connectivity index (χ1v) is 7.45. The number of amides is 1. The molecule has 1 aliphatic carbocycles. The Balaban J connectivity index is 2.20. The quantitative estimate of drug-likeness (QED) is 0.827. The third kappa shape index (κ3) is 3.70. The topological polar surface area (TPSA) is 85.2 Å². The molecule has 2 rings (SSSR count). The highest BCUT2D eigenvalue weighted by atomic mass is 16.1. The Morgan fingerprint density at radius 2 is 2.10 bits per heavy atom. The van der Waals surface area contributed by atoms with E-state index in [1.807, 2.05) is 6.07 Å². The van der Waals surface area contributed by atoms with Gasteiger partial charge in [-0.25, -0.2) is 0 Å². The van der Waals surface area contributed by atoms with Crippen molar-refractivity contribution >= 4 is 11.6 Å². The van der Waals surface area contributed by atoms with Gasteiger partial charge in [0.1, 0.15) is 5.69 Å². The zero-order valence-corrected chi connectivity index (χ0v) is 11.9. The van der Waals surface area contributed by atoms with Crippen molar-refractivity contribution in [2.75, 3.05) is 18.0 Å². The summed E-state index contributed by atoms with van der Waals surface area (Å²) in [6.07, 6.45) is 8.90. The molecular weight excluding hydrogens is 252 g/mol. The Morgan fingerprint density at radius 3 is 2.75 bits per heavy atom. The lowest BCUT2D eigenvalue weighted by atomic mass is 9.93. The summed E-state index contributed by atoms with van der Waals surface area (Å²) in [5.41, 5.74) is 12.3. The molecule has 0 aliphatic heterocycles. The van der Waals surface area contributed by atoms with Crippen LogP contribution in [0.25, 0.3) is 0 Å². The van der Waals surface area contributed by atoms with Gasteiger partial charge in [0, 0.05) is 24.5 Å². The van der Waals surface area contributed by atoms with Crippen molar-refractivity contribution < 1.29 is 4.79 Å². The summed E-state index contributed by atoms with van der Waals surface area (Å²) < 4.78 is 0. The average molecular weight is 276 g/mol. The fourth-order valence-corrected chi connectivity index (χ4v) is 2.91. The molecule has 0 atom stereocenters. The smallest absolute Gasteiger partial charge is 0.267 e. The van der Waals surface area contributed by atoms with Crippen LogP contribution in [0.3, 0.4) is 0 Å². The Kier molecular flexibility index (Phi) is 5.35. The molecule has 1 heterocycles. The number of primary amides is 1. The molecule has 0 spiro atoms. The number of pyridine rings is 1. The highest BCUT2D eigenvalue weighted by Gasteiger charge is 2.21. The van der Waals surface area contributed by atoms with Crippen LogP contribution in [-0.4, -0.2) is 30.0 Å². The summed E-state index contributed by atoms with van der Waals surface area (Å²) in [6.45, 7) is 1.60. The molecule has 0 aromatic carbocycles. The standard InChI is InChI=1S/C15H24N4O/c16-8-4-10-19(12-5-2-1-3-6-12)13-7-9-18-14(11-13)15(17)20/h7,9,11-12H,1-6,8,10,16H2,(H2,17,20). The van der Waals surface area contributed by atoms with Crippen molar-refractivity contribution in [3.63, 3.8) is 0 Å². The Labute approximate surface area is 120 Å². The predicted octanol–water partition coefficient (Wildman–Crippen LogP) is 1.67. The van der Waals surface area contributed by atoms with Crippen LogP contribution >= 0.6 is 0 Å². The van der Waals surface area contributed by atoms with Crippen LogP contribution in [0, 0.1) is 0 Å². The van der Waals surface area contributed by atoms with Gasteiger partial charge in [-0.15, -0.1) is 0 Å². The Hall–Kier alpha value is -1.62. The van der Waals surface area contributed by atoms with Gasteiger partial charge in [-0.2, -0.15) is 0 Å². The molecule has 1 saturated carbocycles. The molecule has 0 saturated heterocycles. The number of hydrogen-bond donors (Lipinski definition) is 2. The van der Waals surface area contributed by atoms with E-state index >= 15 is 0 Å². The van der Waals surface area contributed by atoms with Gasteiger partial charge >= 0.3 is 0 Å². The fraction of sp³-hybridized carbons (Fsp3) is 0.600. The number of rotatable bonds is 6. The molecule has 5 heteroatoms. The van der Waals surface area contributed by atoms with Crippen LogP contribution in [0.1, 0.15) is 49.0 Å². The van der Waals surface area contributed by atoms with Crippen LogP contribution in [0.2, 0.25) is 0 Å². The van der Waals surface area contributed by atoms with Crippen molar-refractivity contribution in [1.29, 1.82) is 0 Å². The van der Waals surface area contributed by atoms with Gasteiger partial charge in [-0.1, -0.05) is 19.3 Å². The molecule has 20 heavy (non-hydrogen) atoms. The Bertz CT molecular complexity index is 443. The molecule has 0 bridgehead atoms. The van der Waals surface area contributed by atoms with E-state index in [2.05, 4.69) is 9.88 Å². The minimum atomic E-state index is -0.478. The maximum Gasteiger partial charge on any atom is 0.267 e. The van der Waals surface area contributed by atoms with Crippen molar-refractivity contribution in [1.82, 2.24) is 4.98 Å². The summed E-state index contributed by atoms with van der Waals surface area (Å²) in [5.74, 6) is -0.478. The SMILES string of the molecule is NCCCN(c1ccnc(C(N)=O)c1)C1CCCCC1. The van der Waals surface area contributed by atoms with Gasteiger partial charge in [-0.3, -0.25) is 9.78 Å². The van der Waals surface area contributed by atoms with E-state index < -0.39 is 5.91 Å². The van der Waals surface area contributed by atoms with Gasteiger partial charge in [0.2, 0.25) is 0 Å². The zero-order valence-electron chi connectivity index (χ0n) is 11.9. The lowest BCUT2D eigenvalue weighted by molar-refractivity contribution is 0.0995. The molecule has 1 aliphatic rings. The summed E-state index contributed by atoms with van der Waals surface area (Å²) in [6, 6.07) is 4.30. The zero-order chi connectivity index (χ0) is 14.4. The van der Waals surface area contributed by atoms with E-state index in [0.29, 0.717) is 18.3 Å². The van der Waals surface area contributed by atoms with Gasteiger partial charge in [-0.05, 0) is 37.9 Å². The lowest BCUT2D eigenvalue weighted by Crippen LogP contribution is -2.38. The van der Waals surface area contributed by atoms with Crippen LogP contribution in [0.5, 0.6) is 0 Å². The van der Waals surface area contributed by atoms with E-state index in [9.17, 15) is 4.79 Å². The highest BCUT2D eigenvalue weighted by Crippen LogP contribution is 2.27. The molecule has 4 N–H and O–H groups in total. The predicted molar refractivity (Wildman–Crippen MR) is 80.6 cm³/mol. The van der Waals surface area contributed by atoms with Crippen molar-refractivity contribution in [3.05, 3.63) is 24.0 Å². The first-order valence-electron chi connectivity index (χ1n) is 7.45. The number of carbonyl (C=O) groups is 1. The van der Waals surface area contributed by atoms with Gasteiger partial charge < -0.3 is 16.4 Å². The van der Waals surface area contributed by atoms with Crippen LogP contribution < -0.4 is 16.4 Å². The third-order valence-corrected chi connectivity index (χ3v) is 3.95. The van der Waals surface area contributed by atoms with E-state index in [4.69, 9.17) is 11.5 Å². The first kappa shape index (κ1) is 14.8. The maximum atomic E-state index is 11.3. The van der Waals surface area contributed by atoms with E-state index in [0.717, 1.165) is 18.7 Å². The number of anilines is 1. The number of aromatic nitrogens is 1. The molecule has 1 fully saturated rings. The van der Waals surface area contributed by atoms with Gasteiger partial charge in [0.25, 0.3) is 5.91 Å². The molecule has 1 aromatic rings. The summed E-state index contributed by atoms with van der Waals surface area (Å²) >= 11 is 0. The number of hydrogen-bond acceptors (Lipinski definition) is 4. The van der Waals surface area contributed by atoms with Crippen LogP contribution in [-0.2, 0) is 0 Å². The monoisotopic (exact) mass is 276 g/mol. The van der Waals surface area contributed by atoms with E-state index in [-0.39, 0.29) is 0 Å². The lowest BCUT2D eigenvalue weighted by Gasteiger charge is -2.36. The molecular formula is C15H24N4O. The molecule has 1 amide bonds. The van der Waals surface area contributed by atoms with Crippen LogP contribution in [0.4, 0.5) is 5.69 Å². The van der Waals surface area contributed by atoms with Gasteiger partial charge in [0.05, 0.1) is 0 Å². The maximum absolute atomic E-state index is 11.3. The van der Waals surface area contributed by atoms with Crippen LogP contribution in [0.15, 0.2) is 18.3 Å². The van der Waals surface area contributed by atoms with Crippen molar-refractivity contribution in [2.24, 2.45) is 11.5 Å². The molecule has 5 nitrogen and oxygen atoms in total. The van der Waals surface area contributed by atoms with Gasteiger partial charge in [0.15, 0.2) is 0 Å². The van der Waals surface area contributed by atoms with Crippen molar-refractivity contribution in [3.8, 4) is 0 Å². The molecule has 110 valence electrons. The first-order chi connectivity index (χ1) is 9.72. The Morgan fingerprint density at radius 1 is 1.35 bits per heavy atom. The third-order valence-electron chi connectivity index (χ3n) is 3.95. The summed E-state index contributed by atoms with van der Waals surface area (Å²) in [4.78, 5) is 17.7.